The third-order valence-corrected chi connectivity index (χ3v) is 0.821. The Morgan fingerprint density at radius 2 is 2.25 bits per heavy atom. The van der Waals surface area contributed by atoms with Gasteiger partial charge in [0.15, 0.2) is 0 Å². The van der Waals surface area contributed by atoms with Crippen LogP contribution in [0.5, 0.6) is 0 Å². The highest BCUT2D eigenvalue weighted by atomic mass is 16.3. The predicted octanol–water partition coefficient (Wildman–Crippen LogP) is -0.591. The van der Waals surface area contributed by atoms with Crippen LogP contribution in [-0.2, 0) is 4.79 Å². The van der Waals surface area contributed by atoms with Crippen LogP contribution in [0.1, 0.15) is 6.92 Å². The van der Waals surface area contributed by atoms with E-state index in [9.17, 15) is 4.79 Å². The molecule has 46 valence electrons. The molecule has 0 rings (SSSR count). The van der Waals surface area contributed by atoms with Crippen LogP contribution in [0.25, 0.3) is 0 Å². The molecule has 0 aromatic heterocycles. The summed E-state index contributed by atoms with van der Waals surface area (Å²) in [6, 6.07) is 0. The molecule has 0 aromatic rings. The second-order valence-electron chi connectivity index (χ2n) is 1.57. The molecule has 0 radical (unpaired) electrons. The topological polar surface area (TPSA) is 63.3 Å². The first-order chi connectivity index (χ1) is 3.55. The summed E-state index contributed by atoms with van der Waals surface area (Å²) in [6.45, 7) is 4.67. The third-order valence-electron chi connectivity index (χ3n) is 0.821. The molecule has 3 heteroatoms. The number of hydrogen-bond acceptors (Lipinski definition) is 2. The van der Waals surface area contributed by atoms with E-state index in [1.807, 2.05) is 0 Å². The lowest BCUT2D eigenvalue weighted by Gasteiger charge is -2.00. The van der Waals surface area contributed by atoms with Crippen molar-refractivity contribution in [1.82, 2.24) is 0 Å². The van der Waals surface area contributed by atoms with Crippen molar-refractivity contribution >= 4 is 5.91 Å². The summed E-state index contributed by atoms with van der Waals surface area (Å²) < 4.78 is 0. The number of carbonyl (C=O) groups excluding carboxylic acids is 1. The molecule has 0 spiro atoms. The van der Waals surface area contributed by atoms with Crippen LogP contribution >= 0.6 is 0 Å². The van der Waals surface area contributed by atoms with E-state index in [2.05, 4.69) is 6.58 Å². The molecule has 1 amide bonds. The van der Waals surface area contributed by atoms with E-state index in [4.69, 9.17) is 10.8 Å². The van der Waals surface area contributed by atoms with Crippen LogP contribution in [0.3, 0.4) is 0 Å². The van der Waals surface area contributed by atoms with Gasteiger partial charge in [-0.05, 0) is 6.92 Å². The molecule has 0 bridgehead atoms. The monoisotopic (exact) mass is 115 g/mol. The summed E-state index contributed by atoms with van der Waals surface area (Å²) in [7, 11) is 0. The number of hydrogen-bond donors (Lipinski definition) is 2. The number of aliphatic hydroxyl groups excluding tert-OH is 1. The van der Waals surface area contributed by atoms with Gasteiger partial charge in [0.1, 0.15) is 0 Å². The largest absolute Gasteiger partial charge is 0.389 e. The lowest BCUT2D eigenvalue weighted by molar-refractivity contribution is -0.115. The number of nitrogens with two attached hydrogens (primary N) is 1. The van der Waals surface area contributed by atoms with E-state index in [1.54, 1.807) is 0 Å². The van der Waals surface area contributed by atoms with Crippen molar-refractivity contribution in [2.24, 2.45) is 5.73 Å². The summed E-state index contributed by atoms with van der Waals surface area (Å²) >= 11 is 0. The molecule has 0 aliphatic carbocycles. The standard InChI is InChI=1S/C5H9NO2/c1-3(4(2)7)5(6)8/h4,7H,1H2,2H3,(H2,6,8)/t4-/m0/s1. The average Bonchev–Trinajstić information content (AvgIpc) is 1.64. The molecule has 3 N–H and O–H groups in total. The Labute approximate surface area is 47.8 Å². The molecule has 0 aromatic carbocycles. The van der Waals surface area contributed by atoms with Crippen LogP contribution in [0.15, 0.2) is 12.2 Å². The van der Waals surface area contributed by atoms with Crippen LogP contribution in [-0.4, -0.2) is 17.1 Å². The first-order valence-corrected chi connectivity index (χ1v) is 2.22. The van der Waals surface area contributed by atoms with Gasteiger partial charge in [-0.3, -0.25) is 4.79 Å². The maximum absolute atomic E-state index is 10.1. The van der Waals surface area contributed by atoms with E-state index in [0.717, 1.165) is 0 Å². The highest BCUT2D eigenvalue weighted by molar-refractivity contribution is 5.92. The Bertz CT molecular complexity index is 118. The van der Waals surface area contributed by atoms with E-state index >= 15 is 0 Å². The SMILES string of the molecule is C=C(C(N)=O)[C@H](C)O. The van der Waals surface area contributed by atoms with E-state index in [1.165, 1.54) is 6.92 Å². The summed E-state index contributed by atoms with van der Waals surface area (Å²) in [5.41, 5.74) is 4.78. The molecule has 3 nitrogen and oxygen atoms in total. The van der Waals surface area contributed by atoms with Gasteiger partial charge in [0.2, 0.25) is 5.91 Å². The Balaban J connectivity index is 3.84. The van der Waals surface area contributed by atoms with Crippen LogP contribution in [0, 0.1) is 0 Å². The van der Waals surface area contributed by atoms with E-state index in [-0.39, 0.29) is 5.57 Å². The summed E-state index contributed by atoms with van der Waals surface area (Å²) in [6.07, 6.45) is -0.826. The van der Waals surface area contributed by atoms with Crippen molar-refractivity contribution in [2.75, 3.05) is 0 Å². The van der Waals surface area contributed by atoms with Gasteiger partial charge in [-0.15, -0.1) is 0 Å². The van der Waals surface area contributed by atoms with Gasteiger partial charge in [0, 0.05) is 5.57 Å². The van der Waals surface area contributed by atoms with Gasteiger partial charge < -0.3 is 10.8 Å². The van der Waals surface area contributed by atoms with Gasteiger partial charge >= 0.3 is 0 Å². The molecular weight excluding hydrogens is 106 g/mol. The first kappa shape index (κ1) is 7.17. The Hall–Kier alpha value is -0.830. The molecule has 0 heterocycles. The smallest absolute Gasteiger partial charge is 0.246 e. The fraction of sp³-hybridized carbons (Fsp3) is 0.400. The zero-order chi connectivity index (χ0) is 6.73. The second-order valence-corrected chi connectivity index (χ2v) is 1.57. The number of rotatable bonds is 2. The zero-order valence-corrected chi connectivity index (χ0v) is 4.72. The van der Waals surface area contributed by atoms with Gasteiger partial charge in [-0.25, -0.2) is 0 Å². The van der Waals surface area contributed by atoms with Crippen molar-refractivity contribution in [3.8, 4) is 0 Å². The molecule has 0 saturated heterocycles. The predicted molar refractivity (Wildman–Crippen MR) is 30.0 cm³/mol. The quantitative estimate of drug-likeness (QED) is 0.472. The van der Waals surface area contributed by atoms with Crippen LogP contribution in [0.4, 0.5) is 0 Å². The number of amides is 1. The van der Waals surface area contributed by atoms with Gasteiger partial charge in [-0.1, -0.05) is 6.58 Å². The minimum Gasteiger partial charge on any atom is -0.389 e. The number of carbonyl (C=O) groups is 1. The lowest BCUT2D eigenvalue weighted by Crippen LogP contribution is -2.20. The highest BCUT2D eigenvalue weighted by Crippen LogP contribution is 1.94. The minimum atomic E-state index is -0.826. The van der Waals surface area contributed by atoms with Gasteiger partial charge in [-0.2, -0.15) is 0 Å². The summed E-state index contributed by atoms with van der Waals surface area (Å²) in [5.74, 6) is -0.653. The second kappa shape index (κ2) is 2.47. The molecular formula is C5H9NO2. The Kier molecular flexibility index (Phi) is 2.21. The normalized spacial score (nSPS) is 12.8. The Morgan fingerprint density at radius 1 is 1.88 bits per heavy atom. The molecule has 8 heavy (non-hydrogen) atoms. The number of primary amides is 1. The van der Waals surface area contributed by atoms with Gasteiger partial charge in [0.25, 0.3) is 0 Å². The van der Waals surface area contributed by atoms with E-state index in [0.29, 0.717) is 0 Å². The summed E-state index contributed by atoms with van der Waals surface area (Å²) in [5, 5.41) is 8.59. The van der Waals surface area contributed by atoms with Crippen molar-refractivity contribution in [3.63, 3.8) is 0 Å². The molecule has 0 saturated carbocycles. The summed E-state index contributed by atoms with van der Waals surface area (Å²) in [4.78, 5) is 10.1. The molecule has 0 aliphatic heterocycles. The highest BCUT2D eigenvalue weighted by Gasteiger charge is 2.05. The molecule has 0 fully saturated rings. The maximum atomic E-state index is 10.1. The zero-order valence-electron chi connectivity index (χ0n) is 4.72. The third kappa shape index (κ3) is 1.75. The van der Waals surface area contributed by atoms with Crippen LogP contribution in [0.2, 0.25) is 0 Å². The number of aliphatic hydroxyl groups is 1. The fourth-order valence-corrected chi connectivity index (χ4v) is 0.206. The van der Waals surface area contributed by atoms with Crippen molar-refractivity contribution < 1.29 is 9.90 Å². The van der Waals surface area contributed by atoms with E-state index < -0.39 is 12.0 Å². The van der Waals surface area contributed by atoms with Crippen molar-refractivity contribution in [2.45, 2.75) is 13.0 Å². The van der Waals surface area contributed by atoms with Gasteiger partial charge in [0.05, 0.1) is 6.10 Å². The first-order valence-electron chi connectivity index (χ1n) is 2.22. The van der Waals surface area contributed by atoms with Crippen LogP contribution < -0.4 is 5.73 Å². The Morgan fingerprint density at radius 3 is 2.25 bits per heavy atom. The lowest BCUT2D eigenvalue weighted by atomic mass is 10.2. The van der Waals surface area contributed by atoms with Crippen molar-refractivity contribution in [1.29, 1.82) is 0 Å². The molecule has 0 aliphatic rings. The fourth-order valence-electron chi connectivity index (χ4n) is 0.206. The minimum absolute atomic E-state index is 0.0463. The average molecular weight is 115 g/mol. The maximum Gasteiger partial charge on any atom is 0.246 e. The molecule has 1 atom stereocenters. The molecule has 0 unspecified atom stereocenters. The van der Waals surface area contributed by atoms with Crippen molar-refractivity contribution in [3.05, 3.63) is 12.2 Å².